The van der Waals surface area contributed by atoms with Gasteiger partial charge in [-0.15, -0.1) is 0 Å². The Morgan fingerprint density at radius 1 is 0.788 bits per heavy atom. The Bertz CT molecular complexity index is 1410. The van der Waals surface area contributed by atoms with Gasteiger partial charge in [0.05, 0.1) is 0 Å². The Morgan fingerprint density at radius 3 is 1.91 bits per heavy atom. The molecule has 0 bridgehead atoms. The lowest BCUT2D eigenvalue weighted by Gasteiger charge is -2.35. The molecule has 2 aromatic carbocycles. The third-order valence-electron chi connectivity index (χ3n) is 7.12. The van der Waals surface area contributed by atoms with Crippen molar-refractivity contribution in [2.24, 2.45) is 0 Å². The van der Waals surface area contributed by atoms with E-state index >= 15 is 0 Å². The Hall–Kier alpha value is -2.34. The molecule has 0 unspecified atom stereocenters. The quantitative estimate of drug-likeness (QED) is 0.368. The van der Waals surface area contributed by atoms with Crippen LogP contribution in [0.2, 0.25) is 0 Å². The topological polar surface area (TPSA) is 0 Å². The van der Waals surface area contributed by atoms with E-state index in [4.69, 9.17) is 0 Å². The average molecular weight is 439 g/mol. The molecule has 4 rings (SSSR count). The molecule has 0 spiro atoms. The van der Waals surface area contributed by atoms with Gasteiger partial charge in [0.15, 0.2) is 0 Å². The minimum absolute atomic E-state index is 0.0414. The van der Waals surface area contributed by atoms with Crippen LogP contribution in [0.5, 0.6) is 0 Å². The van der Waals surface area contributed by atoms with Crippen LogP contribution < -0.4 is 10.4 Å². The smallest absolute Gasteiger partial charge is 0.00240 e. The van der Waals surface area contributed by atoms with Gasteiger partial charge in [0.25, 0.3) is 0 Å². The number of rotatable bonds is 1. The van der Waals surface area contributed by atoms with Crippen LogP contribution in [0, 0.1) is 10.4 Å². The van der Waals surface area contributed by atoms with Gasteiger partial charge in [0.2, 0.25) is 0 Å². The van der Waals surface area contributed by atoms with Crippen molar-refractivity contribution in [3.05, 3.63) is 85.1 Å². The standard InChI is InChI=1S/C33H42/c1-20(2)26-28-24-17-16-23(31(3,4)5)18-22(24)19-25(28)27(21-14-12-13-15-21)30(33(9,10)11)29(26)32(6,7)8/h12-14,16-19H,15H2,1-11H3. The van der Waals surface area contributed by atoms with Crippen molar-refractivity contribution in [3.63, 3.8) is 0 Å². The maximum atomic E-state index is 2.49. The molecule has 0 nitrogen and oxygen atoms in total. The molecule has 0 N–H and O–H groups in total. The van der Waals surface area contributed by atoms with Crippen molar-refractivity contribution in [1.29, 1.82) is 0 Å². The van der Waals surface area contributed by atoms with Gasteiger partial charge in [-0.25, -0.2) is 0 Å². The van der Waals surface area contributed by atoms with Crippen molar-refractivity contribution in [2.45, 2.75) is 98.8 Å². The van der Waals surface area contributed by atoms with Gasteiger partial charge >= 0.3 is 0 Å². The largest absolute Gasteiger partial charge is 0.0801 e. The van der Waals surface area contributed by atoms with Crippen molar-refractivity contribution >= 4 is 17.2 Å². The summed E-state index contributed by atoms with van der Waals surface area (Å²) in [4.78, 5) is 0. The Labute approximate surface area is 201 Å². The normalized spacial score (nSPS) is 15.3. The predicted octanol–water partition coefficient (Wildman–Crippen LogP) is 7.54. The van der Waals surface area contributed by atoms with Gasteiger partial charge in [0, 0.05) is 0 Å². The summed E-state index contributed by atoms with van der Waals surface area (Å²) in [7, 11) is 0. The number of benzene rings is 2. The van der Waals surface area contributed by atoms with Crippen LogP contribution in [-0.4, -0.2) is 0 Å². The summed E-state index contributed by atoms with van der Waals surface area (Å²) in [5.74, 6) is 0. The van der Waals surface area contributed by atoms with E-state index in [1.165, 1.54) is 59.8 Å². The van der Waals surface area contributed by atoms with Crippen LogP contribution in [0.15, 0.2) is 36.4 Å². The van der Waals surface area contributed by atoms with Crippen molar-refractivity contribution in [1.82, 2.24) is 0 Å². The molecule has 0 amide bonds. The number of hydrogen-bond donors (Lipinski definition) is 0. The van der Waals surface area contributed by atoms with Crippen LogP contribution in [0.25, 0.3) is 17.2 Å². The Morgan fingerprint density at radius 2 is 1.42 bits per heavy atom. The Kier molecular flexibility index (Phi) is 5.47. The molecule has 2 aliphatic carbocycles. The summed E-state index contributed by atoms with van der Waals surface area (Å²) in [6.45, 7) is 25.9. The van der Waals surface area contributed by atoms with Crippen molar-refractivity contribution in [3.8, 4) is 0 Å². The molecule has 0 saturated heterocycles. The first-order chi connectivity index (χ1) is 15.1. The van der Waals surface area contributed by atoms with Crippen LogP contribution in [0.1, 0.15) is 110 Å². The fourth-order valence-electron chi connectivity index (χ4n) is 5.69. The van der Waals surface area contributed by atoms with Crippen LogP contribution in [-0.2, 0) is 16.2 Å². The predicted molar refractivity (Wildman–Crippen MR) is 146 cm³/mol. The third kappa shape index (κ3) is 3.96. The monoisotopic (exact) mass is 438 g/mol. The zero-order valence-corrected chi connectivity index (χ0v) is 22.7. The maximum Gasteiger partial charge on any atom is -0.00240 e. The summed E-state index contributed by atoms with van der Waals surface area (Å²) in [6.07, 6.45) is 10.4. The molecule has 2 aromatic rings. The second kappa shape index (κ2) is 7.59. The fraction of sp³-hybridized carbons (Fsp3) is 0.455. The van der Waals surface area contributed by atoms with E-state index in [9.17, 15) is 0 Å². The van der Waals surface area contributed by atoms with Crippen LogP contribution in [0.3, 0.4) is 0 Å². The molecule has 2 aliphatic rings. The lowest BCUT2D eigenvalue weighted by Crippen LogP contribution is -2.33. The second-order valence-corrected chi connectivity index (χ2v) is 13.3. The SMILES string of the molecule is CC(C)=c1c(C(C)(C)C)c(C(C)(C)C)c(C2=CC=CC2)c2c1=c1ccc(C(C)(C)C)cc1=C2. The Balaban J connectivity index is 2.37. The lowest BCUT2D eigenvalue weighted by atomic mass is 9.69. The minimum atomic E-state index is 0.0414. The number of allylic oxidation sites excluding steroid dienone is 4. The van der Waals surface area contributed by atoms with E-state index in [1.54, 1.807) is 0 Å². The van der Waals surface area contributed by atoms with Crippen LogP contribution >= 0.6 is 0 Å². The molecule has 0 aliphatic heterocycles. The highest BCUT2D eigenvalue weighted by atomic mass is 14.4. The van der Waals surface area contributed by atoms with E-state index in [0.29, 0.717) is 0 Å². The summed E-state index contributed by atoms with van der Waals surface area (Å²) in [5, 5.41) is 5.69. The van der Waals surface area contributed by atoms with Crippen LogP contribution in [0.4, 0.5) is 0 Å². The van der Waals surface area contributed by atoms with Crippen molar-refractivity contribution in [2.75, 3.05) is 0 Å². The molecule has 0 fully saturated rings. The lowest BCUT2D eigenvalue weighted by molar-refractivity contribution is 0.525. The third-order valence-corrected chi connectivity index (χ3v) is 7.12. The summed E-state index contributed by atoms with van der Waals surface area (Å²) in [5.41, 5.74) is 10.5. The molecular formula is C33H42. The fourth-order valence-corrected chi connectivity index (χ4v) is 5.69. The van der Waals surface area contributed by atoms with E-state index in [2.05, 4.69) is 119 Å². The molecule has 174 valence electrons. The molecule has 0 saturated carbocycles. The van der Waals surface area contributed by atoms with Crippen molar-refractivity contribution < 1.29 is 0 Å². The zero-order chi connectivity index (χ0) is 24.5. The summed E-state index contributed by atoms with van der Waals surface area (Å²) >= 11 is 0. The molecule has 0 heterocycles. The highest BCUT2D eigenvalue weighted by molar-refractivity contribution is 5.83. The zero-order valence-electron chi connectivity index (χ0n) is 22.7. The first-order valence-corrected chi connectivity index (χ1v) is 12.5. The van der Waals surface area contributed by atoms with E-state index in [-0.39, 0.29) is 16.2 Å². The average Bonchev–Trinajstić information content (AvgIpc) is 3.31. The van der Waals surface area contributed by atoms with E-state index in [0.717, 1.165) is 6.42 Å². The summed E-state index contributed by atoms with van der Waals surface area (Å²) < 4.78 is 0. The van der Waals surface area contributed by atoms with E-state index in [1.807, 2.05) is 0 Å². The minimum Gasteiger partial charge on any atom is -0.0801 e. The van der Waals surface area contributed by atoms with Gasteiger partial charge in [-0.3, -0.25) is 0 Å². The van der Waals surface area contributed by atoms with Gasteiger partial charge < -0.3 is 0 Å². The molecule has 0 radical (unpaired) electrons. The van der Waals surface area contributed by atoms with E-state index < -0.39 is 0 Å². The van der Waals surface area contributed by atoms with Gasteiger partial charge in [-0.1, -0.05) is 104 Å². The highest BCUT2D eigenvalue weighted by Gasteiger charge is 2.33. The maximum absolute atomic E-state index is 2.49. The second-order valence-electron chi connectivity index (χ2n) is 13.3. The molecule has 0 atom stereocenters. The summed E-state index contributed by atoms with van der Waals surface area (Å²) in [6, 6.07) is 7.17. The van der Waals surface area contributed by atoms with Gasteiger partial charge in [-0.2, -0.15) is 0 Å². The van der Waals surface area contributed by atoms with Gasteiger partial charge in [0.1, 0.15) is 0 Å². The highest BCUT2D eigenvalue weighted by Crippen LogP contribution is 2.42. The molecule has 0 aromatic heterocycles. The first-order valence-electron chi connectivity index (χ1n) is 12.5. The molecule has 33 heavy (non-hydrogen) atoms. The first kappa shape index (κ1) is 23.8. The molecular weight excluding hydrogens is 396 g/mol. The van der Waals surface area contributed by atoms with Gasteiger partial charge in [-0.05, 0) is 96.9 Å². The molecule has 0 heteroatoms. The number of hydrogen-bond acceptors (Lipinski definition) is 0. The number of fused-ring (bicyclic) bond motifs is 2.